The second-order valence-electron chi connectivity index (χ2n) is 5.93. The summed E-state index contributed by atoms with van der Waals surface area (Å²) in [6.45, 7) is 0.562. The third-order valence-electron chi connectivity index (χ3n) is 4.02. The third kappa shape index (κ3) is 4.68. The fourth-order valence-electron chi connectivity index (χ4n) is 2.59. The van der Waals surface area contributed by atoms with Gasteiger partial charge in [0.2, 0.25) is 0 Å². The quantitative estimate of drug-likeness (QED) is 0.517. The number of carbonyl (C=O) groups is 1. The van der Waals surface area contributed by atoms with Gasteiger partial charge in [0, 0.05) is 24.2 Å². The van der Waals surface area contributed by atoms with Crippen molar-refractivity contribution in [3.63, 3.8) is 0 Å². The summed E-state index contributed by atoms with van der Waals surface area (Å²) < 4.78 is 5.18. The van der Waals surface area contributed by atoms with Gasteiger partial charge in [-0.3, -0.25) is 4.79 Å². The minimum atomic E-state index is 0.0363. The second kappa shape index (κ2) is 8.92. The Labute approximate surface area is 162 Å². The average molecular weight is 384 g/mol. The van der Waals surface area contributed by atoms with Gasteiger partial charge in [0.1, 0.15) is 5.75 Å². The van der Waals surface area contributed by atoms with Gasteiger partial charge in [-0.25, -0.2) is 0 Å². The fraction of sp³-hybridized carbons (Fsp3) is 0.190. The summed E-state index contributed by atoms with van der Waals surface area (Å²) in [7, 11) is 3.49. The van der Waals surface area contributed by atoms with Crippen LogP contribution in [0.2, 0.25) is 0 Å². The first kappa shape index (κ1) is 18.5. The molecule has 0 N–H and O–H groups in total. The van der Waals surface area contributed by atoms with Gasteiger partial charge in [0.25, 0.3) is 5.91 Å². The first-order valence-corrected chi connectivity index (χ1v) is 10.2. The van der Waals surface area contributed by atoms with Crippen molar-refractivity contribution in [2.45, 2.75) is 17.2 Å². The van der Waals surface area contributed by atoms with Crippen LogP contribution in [0.5, 0.6) is 5.75 Å². The maximum absolute atomic E-state index is 12.9. The zero-order chi connectivity index (χ0) is 18.4. The summed E-state index contributed by atoms with van der Waals surface area (Å²) in [5.74, 6) is 1.72. The zero-order valence-electron chi connectivity index (χ0n) is 14.8. The first-order chi connectivity index (χ1) is 12.7. The highest BCUT2D eigenvalue weighted by Crippen LogP contribution is 2.28. The van der Waals surface area contributed by atoms with Crippen molar-refractivity contribution in [2.75, 3.05) is 14.2 Å². The van der Waals surface area contributed by atoms with Crippen molar-refractivity contribution in [3.8, 4) is 5.75 Å². The summed E-state index contributed by atoms with van der Waals surface area (Å²) in [5.41, 5.74) is 3.11. The number of amides is 1. The van der Waals surface area contributed by atoms with Gasteiger partial charge in [-0.15, -0.1) is 11.8 Å². The van der Waals surface area contributed by atoms with Crippen LogP contribution in [0.3, 0.4) is 0 Å². The van der Waals surface area contributed by atoms with Crippen LogP contribution in [-0.2, 0) is 12.3 Å². The number of rotatable bonds is 7. The highest BCUT2D eigenvalue weighted by Gasteiger charge is 2.16. The van der Waals surface area contributed by atoms with E-state index in [4.69, 9.17) is 4.74 Å². The predicted octanol–water partition coefficient (Wildman–Crippen LogP) is 5.32. The predicted molar refractivity (Wildman–Crippen MR) is 109 cm³/mol. The molecule has 3 aromatic rings. The van der Waals surface area contributed by atoms with E-state index in [1.54, 1.807) is 35.1 Å². The molecule has 0 radical (unpaired) electrons. The average Bonchev–Trinajstić information content (AvgIpc) is 3.20. The number of benzene rings is 2. The molecule has 0 spiro atoms. The molecule has 0 fully saturated rings. The number of thiophene rings is 1. The van der Waals surface area contributed by atoms with Crippen molar-refractivity contribution in [1.82, 2.24) is 4.90 Å². The van der Waals surface area contributed by atoms with Gasteiger partial charge in [0.05, 0.1) is 12.7 Å². The molecule has 5 heteroatoms. The molecule has 2 aromatic carbocycles. The van der Waals surface area contributed by atoms with E-state index in [1.165, 1.54) is 5.56 Å². The Morgan fingerprint density at radius 3 is 2.54 bits per heavy atom. The summed E-state index contributed by atoms with van der Waals surface area (Å²) >= 11 is 3.40. The highest BCUT2D eigenvalue weighted by atomic mass is 32.2. The van der Waals surface area contributed by atoms with E-state index in [2.05, 4.69) is 16.8 Å². The Kier molecular flexibility index (Phi) is 6.36. The standard InChI is InChI=1S/C21H21NO2S2/c1-22(13-16-7-9-18(24-2)10-8-16)21(23)19-5-3-4-6-20(19)26-15-17-11-12-25-14-17/h3-12,14H,13,15H2,1-2H3. The van der Waals surface area contributed by atoms with E-state index >= 15 is 0 Å². The van der Waals surface area contributed by atoms with Gasteiger partial charge in [-0.2, -0.15) is 11.3 Å². The molecule has 134 valence electrons. The number of nitrogens with zero attached hydrogens (tertiary/aromatic N) is 1. The maximum Gasteiger partial charge on any atom is 0.255 e. The van der Waals surface area contributed by atoms with E-state index < -0.39 is 0 Å². The Hall–Kier alpha value is -2.24. The van der Waals surface area contributed by atoms with Crippen LogP contribution in [0, 0.1) is 0 Å². The lowest BCUT2D eigenvalue weighted by molar-refractivity contribution is 0.0781. The summed E-state index contributed by atoms with van der Waals surface area (Å²) in [4.78, 5) is 15.7. The Balaban J connectivity index is 1.69. The molecule has 26 heavy (non-hydrogen) atoms. The molecule has 0 aliphatic rings. The maximum atomic E-state index is 12.9. The SMILES string of the molecule is COc1ccc(CN(C)C(=O)c2ccccc2SCc2ccsc2)cc1. The number of carbonyl (C=O) groups excluding carboxylic acids is 1. The molecule has 0 saturated heterocycles. The Morgan fingerprint density at radius 2 is 1.85 bits per heavy atom. The molecule has 3 nitrogen and oxygen atoms in total. The molecule has 1 amide bonds. The van der Waals surface area contributed by atoms with Gasteiger partial charge in [-0.1, -0.05) is 24.3 Å². The van der Waals surface area contributed by atoms with Crippen molar-refractivity contribution >= 4 is 29.0 Å². The molecule has 1 heterocycles. The lowest BCUT2D eigenvalue weighted by atomic mass is 10.1. The number of methoxy groups -OCH3 is 1. The molecular weight excluding hydrogens is 362 g/mol. The fourth-order valence-corrected chi connectivity index (χ4v) is 4.35. The van der Waals surface area contributed by atoms with Gasteiger partial charge >= 0.3 is 0 Å². The van der Waals surface area contributed by atoms with Crippen LogP contribution in [-0.4, -0.2) is 25.0 Å². The van der Waals surface area contributed by atoms with Crippen molar-refractivity contribution in [2.24, 2.45) is 0 Å². The van der Waals surface area contributed by atoms with Crippen molar-refractivity contribution < 1.29 is 9.53 Å². The minimum absolute atomic E-state index is 0.0363. The third-order valence-corrected chi connectivity index (χ3v) is 5.89. The van der Waals surface area contributed by atoms with E-state index in [-0.39, 0.29) is 5.91 Å². The van der Waals surface area contributed by atoms with E-state index in [0.29, 0.717) is 6.54 Å². The molecule has 0 aliphatic carbocycles. The number of thioether (sulfide) groups is 1. The second-order valence-corrected chi connectivity index (χ2v) is 7.72. The number of hydrogen-bond donors (Lipinski definition) is 0. The van der Waals surface area contributed by atoms with Crippen molar-refractivity contribution in [1.29, 1.82) is 0 Å². The lowest BCUT2D eigenvalue weighted by Crippen LogP contribution is -2.26. The molecule has 0 bridgehead atoms. The van der Waals surface area contributed by atoms with Crippen LogP contribution < -0.4 is 4.74 Å². The molecule has 0 unspecified atom stereocenters. The van der Waals surface area contributed by atoms with Gasteiger partial charge in [0.15, 0.2) is 0 Å². The molecule has 3 rings (SSSR count). The first-order valence-electron chi connectivity index (χ1n) is 8.28. The van der Waals surface area contributed by atoms with E-state index in [9.17, 15) is 4.79 Å². The molecule has 0 saturated carbocycles. The largest absolute Gasteiger partial charge is 0.497 e. The summed E-state index contributed by atoms with van der Waals surface area (Å²) in [6.07, 6.45) is 0. The van der Waals surface area contributed by atoms with Gasteiger partial charge in [-0.05, 0) is 52.2 Å². The molecular formula is C21H21NO2S2. The molecule has 1 aromatic heterocycles. The molecule has 0 atom stereocenters. The van der Waals surface area contributed by atoms with Crippen molar-refractivity contribution in [3.05, 3.63) is 82.0 Å². The summed E-state index contributed by atoms with van der Waals surface area (Å²) in [6, 6.07) is 17.8. The Bertz CT molecular complexity index is 845. The summed E-state index contributed by atoms with van der Waals surface area (Å²) in [5, 5.41) is 4.23. The van der Waals surface area contributed by atoms with Crippen LogP contribution in [0.25, 0.3) is 0 Å². The topological polar surface area (TPSA) is 29.5 Å². The van der Waals surface area contributed by atoms with Crippen LogP contribution in [0.4, 0.5) is 0 Å². The normalized spacial score (nSPS) is 10.5. The highest BCUT2D eigenvalue weighted by molar-refractivity contribution is 7.98. The molecule has 0 aliphatic heterocycles. The number of hydrogen-bond acceptors (Lipinski definition) is 4. The lowest BCUT2D eigenvalue weighted by Gasteiger charge is -2.19. The van der Waals surface area contributed by atoms with Crippen LogP contribution in [0.1, 0.15) is 21.5 Å². The minimum Gasteiger partial charge on any atom is -0.497 e. The smallest absolute Gasteiger partial charge is 0.255 e. The zero-order valence-corrected chi connectivity index (χ0v) is 16.5. The Morgan fingerprint density at radius 1 is 1.08 bits per heavy atom. The van der Waals surface area contributed by atoms with Gasteiger partial charge < -0.3 is 9.64 Å². The van der Waals surface area contributed by atoms with Crippen LogP contribution in [0.15, 0.2) is 70.3 Å². The monoisotopic (exact) mass is 383 g/mol. The van der Waals surface area contributed by atoms with E-state index in [1.807, 2.05) is 55.6 Å². The number of ether oxygens (including phenoxy) is 1. The van der Waals surface area contributed by atoms with E-state index in [0.717, 1.165) is 27.5 Å². The van der Waals surface area contributed by atoms with Crippen LogP contribution >= 0.6 is 23.1 Å².